The van der Waals surface area contributed by atoms with E-state index < -0.39 is 0 Å². The molecule has 2 N–H and O–H groups in total. The van der Waals surface area contributed by atoms with E-state index in [1.54, 1.807) is 18.2 Å². The van der Waals surface area contributed by atoms with Crippen molar-refractivity contribution in [2.24, 2.45) is 5.92 Å². The highest BCUT2D eigenvalue weighted by molar-refractivity contribution is 9.10. The second kappa shape index (κ2) is 3.14. The minimum Gasteiger partial charge on any atom is -0.398 e. The monoisotopic (exact) mass is 239 g/mol. The Kier molecular flexibility index (Phi) is 2.12. The van der Waals surface area contributed by atoms with Gasteiger partial charge in [0, 0.05) is 21.6 Å². The van der Waals surface area contributed by atoms with Crippen LogP contribution in [-0.4, -0.2) is 5.78 Å². The summed E-state index contributed by atoms with van der Waals surface area (Å²) in [6, 6.07) is 5.36. The molecule has 68 valence electrons. The van der Waals surface area contributed by atoms with E-state index >= 15 is 0 Å². The minimum atomic E-state index is 0.251. The Balaban J connectivity index is 2.30. The van der Waals surface area contributed by atoms with Gasteiger partial charge in [0.05, 0.1) is 0 Å². The first-order valence-corrected chi connectivity index (χ1v) is 5.07. The van der Waals surface area contributed by atoms with Crippen LogP contribution in [0.4, 0.5) is 5.69 Å². The minimum absolute atomic E-state index is 0.251. The van der Waals surface area contributed by atoms with Gasteiger partial charge in [0.15, 0.2) is 5.78 Å². The van der Waals surface area contributed by atoms with Crippen molar-refractivity contribution in [3.63, 3.8) is 0 Å². The van der Waals surface area contributed by atoms with Gasteiger partial charge in [-0.3, -0.25) is 4.79 Å². The van der Waals surface area contributed by atoms with Gasteiger partial charge in [0.2, 0.25) is 0 Å². The highest BCUT2D eigenvalue weighted by atomic mass is 79.9. The maximum atomic E-state index is 11.6. The predicted octanol–water partition coefficient (Wildman–Crippen LogP) is 2.62. The van der Waals surface area contributed by atoms with E-state index in [1.807, 2.05) is 0 Å². The largest absolute Gasteiger partial charge is 0.398 e. The zero-order valence-corrected chi connectivity index (χ0v) is 8.67. The van der Waals surface area contributed by atoms with Crippen LogP contribution in [0.2, 0.25) is 0 Å². The molecule has 0 heterocycles. The molecule has 0 aromatic heterocycles. The zero-order chi connectivity index (χ0) is 9.42. The Bertz CT molecular complexity index is 358. The number of hydrogen-bond donors (Lipinski definition) is 1. The molecule has 2 nitrogen and oxygen atoms in total. The van der Waals surface area contributed by atoms with Gasteiger partial charge in [0.25, 0.3) is 0 Å². The molecule has 1 fully saturated rings. The summed E-state index contributed by atoms with van der Waals surface area (Å²) in [5.41, 5.74) is 7.06. The van der Waals surface area contributed by atoms with Gasteiger partial charge in [-0.2, -0.15) is 0 Å². The molecule has 0 spiro atoms. The van der Waals surface area contributed by atoms with E-state index in [1.165, 1.54) is 0 Å². The summed E-state index contributed by atoms with van der Waals surface area (Å²) in [5.74, 6) is 0.524. The fourth-order valence-corrected chi connectivity index (χ4v) is 1.64. The van der Waals surface area contributed by atoms with Crippen molar-refractivity contribution < 1.29 is 4.79 Å². The van der Waals surface area contributed by atoms with Crippen molar-refractivity contribution >= 4 is 27.4 Å². The van der Waals surface area contributed by atoms with Crippen molar-refractivity contribution in [3.8, 4) is 0 Å². The van der Waals surface area contributed by atoms with Gasteiger partial charge in [-0.25, -0.2) is 0 Å². The molecule has 0 amide bonds. The van der Waals surface area contributed by atoms with Gasteiger partial charge in [-0.15, -0.1) is 0 Å². The molecule has 1 aromatic rings. The number of benzene rings is 1. The van der Waals surface area contributed by atoms with Crippen molar-refractivity contribution in [1.82, 2.24) is 0 Å². The number of ketones is 1. The second-order valence-electron chi connectivity index (χ2n) is 3.37. The average molecular weight is 240 g/mol. The zero-order valence-electron chi connectivity index (χ0n) is 7.09. The average Bonchev–Trinajstić information content (AvgIpc) is 2.91. The molecule has 1 aromatic carbocycles. The highest BCUT2D eigenvalue weighted by Gasteiger charge is 2.30. The number of rotatable bonds is 2. The summed E-state index contributed by atoms with van der Waals surface area (Å²) in [4.78, 5) is 11.6. The van der Waals surface area contributed by atoms with E-state index in [-0.39, 0.29) is 11.7 Å². The number of hydrogen-bond acceptors (Lipinski definition) is 2. The van der Waals surface area contributed by atoms with Gasteiger partial charge >= 0.3 is 0 Å². The quantitative estimate of drug-likeness (QED) is 0.637. The summed E-state index contributed by atoms with van der Waals surface area (Å²) in [6.07, 6.45) is 2.08. The van der Waals surface area contributed by atoms with Gasteiger partial charge in [-0.1, -0.05) is 0 Å². The molecular weight excluding hydrogens is 230 g/mol. The van der Waals surface area contributed by atoms with Crippen LogP contribution in [0.3, 0.4) is 0 Å². The number of anilines is 1. The number of Topliss-reactive ketones (excluding diaryl/α,β-unsaturated/α-hetero) is 1. The van der Waals surface area contributed by atoms with Gasteiger partial charge in [0.1, 0.15) is 0 Å². The van der Waals surface area contributed by atoms with Crippen molar-refractivity contribution in [2.45, 2.75) is 12.8 Å². The predicted molar refractivity (Wildman–Crippen MR) is 55.6 cm³/mol. The first-order chi connectivity index (χ1) is 6.18. The van der Waals surface area contributed by atoms with Crippen LogP contribution < -0.4 is 5.73 Å². The smallest absolute Gasteiger partial charge is 0.165 e. The molecule has 0 unspecified atom stereocenters. The van der Waals surface area contributed by atoms with Crippen molar-refractivity contribution in [3.05, 3.63) is 28.2 Å². The van der Waals surface area contributed by atoms with Crippen LogP contribution in [0.15, 0.2) is 22.7 Å². The van der Waals surface area contributed by atoms with Crippen LogP contribution in [-0.2, 0) is 0 Å². The molecule has 1 aliphatic carbocycles. The number of halogens is 1. The van der Waals surface area contributed by atoms with Gasteiger partial charge < -0.3 is 5.73 Å². The molecule has 0 radical (unpaired) electrons. The summed E-state index contributed by atoms with van der Waals surface area (Å²) in [7, 11) is 0. The van der Waals surface area contributed by atoms with E-state index in [0.29, 0.717) is 5.69 Å². The lowest BCUT2D eigenvalue weighted by Gasteiger charge is -2.01. The molecule has 0 aliphatic heterocycles. The van der Waals surface area contributed by atoms with Crippen LogP contribution in [0.25, 0.3) is 0 Å². The normalized spacial score (nSPS) is 15.8. The lowest BCUT2D eigenvalue weighted by atomic mass is 10.1. The molecule has 0 saturated heterocycles. The van der Waals surface area contributed by atoms with Crippen LogP contribution >= 0.6 is 15.9 Å². The summed E-state index contributed by atoms with van der Waals surface area (Å²) < 4.78 is 0.805. The lowest BCUT2D eigenvalue weighted by Crippen LogP contribution is -2.01. The highest BCUT2D eigenvalue weighted by Crippen LogP contribution is 2.33. The molecule has 1 aliphatic rings. The maximum absolute atomic E-state index is 11.6. The van der Waals surface area contributed by atoms with E-state index in [9.17, 15) is 4.79 Å². The Morgan fingerprint density at radius 1 is 1.46 bits per heavy atom. The number of nitrogen functional groups attached to an aromatic ring is 1. The van der Waals surface area contributed by atoms with Crippen molar-refractivity contribution in [2.75, 3.05) is 5.73 Å². The number of carbonyl (C=O) groups excluding carboxylic acids is 1. The molecule has 3 heteroatoms. The van der Waals surface area contributed by atoms with Gasteiger partial charge in [-0.05, 0) is 47.0 Å². The Hall–Kier alpha value is -0.830. The topological polar surface area (TPSA) is 43.1 Å². The Morgan fingerprint density at radius 2 is 2.15 bits per heavy atom. The third kappa shape index (κ3) is 1.75. The third-order valence-corrected chi connectivity index (χ3v) is 2.92. The molecule has 2 rings (SSSR count). The fraction of sp³-hybridized carbons (Fsp3) is 0.300. The maximum Gasteiger partial charge on any atom is 0.165 e. The van der Waals surface area contributed by atoms with Crippen molar-refractivity contribution in [1.29, 1.82) is 0 Å². The standard InChI is InChI=1S/C10H10BrNO/c11-8-5-7(3-4-9(8)12)10(13)6-1-2-6/h3-6H,1-2,12H2. The van der Waals surface area contributed by atoms with Crippen LogP contribution in [0.1, 0.15) is 23.2 Å². The number of carbonyl (C=O) groups is 1. The third-order valence-electron chi connectivity index (χ3n) is 2.23. The number of nitrogens with two attached hydrogens (primary N) is 1. The lowest BCUT2D eigenvalue weighted by molar-refractivity contribution is 0.0967. The first kappa shape index (κ1) is 8.75. The SMILES string of the molecule is Nc1ccc(C(=O)C2CC2)cc1Br. The first-order valence-electron chi connectivity index (χ1n) is 4.27. The second-order valence-corrected chi connectivity index (χ2v) is 4.23. The molecule has 13 heavy (non-hydrogen) atoms. The van der Waals surface area contributed by atoms with E-state index in [2.05, 4.69) is 15.9 Å². The molecule has 0 bridgehead atoms. The van der Waals surface area contributed by atoms with E-state index in [0.717, 1.165) is 22.9 Å². The summed E-state index contributed by atoms with van der Waals surface area (Å²) >= 11 is 3.31. The Labute approximate surface area is 85.3 Å². The molecule has 1 saturated carbocycles. The summed E-state index contributed by atoms with van der Waals surface area (Å²) in [5, 5.41) is 0. The van der Waals surface area contributed by atoms with Crippen LogP contribution in [0, 0.1) is 5.92 Å². The summed E-state index contributed by atoms with van der Waals surface area (Å²) in [6.45, 7) is 0. The Morgan fingerprint density at radius 3 is 2.69 bits per heavy atom. The molecular formula is C10H10BrNO. The molecule has 0 atom stereocenters. The fourth-order valence-electron chi connectivity index (χ4n) is 1.26. The van der Waals surface area contributed by atoms with Crippen LogP contribution in [0.5, 0.6) is 0 Å². The van der Waals surface area contributed by atoms with E-state index in [4.69, 9.17) is 5.73 Å².